The topological polar surface area (TPSA) is 67.9 Å². The molecule has 38 heavy (non-hydrogen) atoms. The normalized spacial score (nSPS) is 11.7. The van der Waals surface area contributed by atoms with E-state index in [9.17, 15) is 9.59 Å². The molecule has 1 heterocycles. The Kier molecular flexibility index (Phi) is 7.61. The molecule has 192 valence electrons. The second kappa shape index (κ2) is 11.4. The molecule has 0 fully saturated rings. The van der Waals surface area contributed by atoms with Gasteiger partial charge in [-0.3, -0.25) is 9.59 Å². The average molecular weight is 527 g/mol. The van der Waals surface area contributed by atoms with E-state index < -0.39 is 0 Å². The first kappa shape index (κ1) is 25.4. The number of nitrogens with one attached hydrogen (secondary N) is 1. The second-order valence-electron chi connectivity index (χ2n) is 9.19. The molecule has 6 nitrogen and oxygen atoms in total. The summed E-state index contributed by atoms with van der Waals surface area (Å²) >= 11 is 6.03. The predicted molar refractivity (Wildman–Crippen MR) is 148 cm³/mol. The molecule has 1 aliphatic rings. The minimum absolute atomic E-state index is 0.0933. The minimum atomic E-state index is -0.127. The van der Waals surface area contributed by atoms with Gasteiger partial charge < -0.3 is 19.7 Å². The lowest BCUT2D eigenvalue weighted by molar-refractivity contribution is -0.120. The fourth-order valence-corrected chi connectivity index (χ4v) is 4.44. The molecule has 4 aromatic carbocycles. The number of ether oxygens (including phenoxy) is 2. The zero-order valence-electron chi connectivity index (χ0n) is 20.9. The molecule has 2 amide bonds. The van der Waals surface area contributed by atoms with Crippen molar-refractivity contribution in [3.63, 3.8) is 0 Å². The van der Waals surface area contributed by atoms with E-state index in [1.807, 2.05) is 67.6 Å². The number of hydrogen-bond donors (Lipinski definition) is 1. The van der Waals surface area contributed by atoms with Crippen molar-refractivity contribution in [3.05, 3.63) is 124 Å². The van der Waals surface area contributed by atoms with E-state index in [2.05, 4.69) is 11.4 Å². The monoisotopic (exact) mass is 526 g/mol. The number of carbonyl (C=O) groups is 2. The first-order valence-corrected chi connectivity index (χ1v) is 12.7. The van der Waals surface area contributed by atoms with Gasteiger partial charge in [0.1, 0.15) is 0 Å². The van der Waals surface area contributed by atoms with Crippen LogP contribution >= 0.6 is 11.6 Å². The van der Waals surface area contributed by atoms with Crippen LogP contribution in [0.2, 0.25) is 5.02 Å². The highest BCUT2D eigenvalue weighted by atomic mass is 35.5. The van der Waals surface area contributed by atoms with Crippen molar-refractivity contribution < 1.29 is 19.1 Å². The number of halogens is 1. The molecule has 0 aliphatic carbocycles. The molecule has 7 heteroatoms. The van der Waals surface area contributed by atoms with Gasteiger partial charge in [0.05, 0.1) is 13.0 Å². The molecule has 0 saturated heterocycles. The summed E-state index contributed by atoms with van der Waals surface area (Å²) in [6.07, 6.45) is 0.230. The van der Waals surface area contributed by atoms with Crippen molar-refractivity contribution in [1.82, 2.24) is 5.32 Å². The van der Waals surface area contributed by atoms with Crippen LogP contribution < -0.4 is 19.7 Å². The lowest BCUT2D eigenvalue weighted by atomic mass is 10.1. The Labute approximate surface area is 226 Å². The van der Waals surface area contributed by atoms with Gasteiger partial charge in [0.15, 0.2) is 11.5 Å². The lowest BCUT2D eigenvalue weighted by Gasteiger charge is -2.24. The van der Waals surface area contributed by atoms with Gasteiger partial charge in [-0.05, 0) is 72.1 Å². The predicted octanol–water partition coefficient (Wildman–Crippen LogP) is 6.08. The van der Waals surface area contributed by atoms with E-state index >= 15 is 0 Å². The molecule has 5 rings (SSSR count). The van der Waals surface area contributed by atoms with Gasteiger partial charge in [-0.25, -0.2) is 0 Å². The molecule has 0 saturated carbocycles. The van der Waals surface area contributed by atoms with Crippen molar-refractivity contribution in [2.75, 3.05) is 11.7 Å². The molecule has 0 spiro atoms. The Morgan fingerprint density at radius 3 is 2.34 bits per heavy atom. The smallest absolute Gasteiger partial charge is 0.258 e. The van der Waals surface area contributed by atoms with Crippen LogP contribution in [0, 0.1) is 6.92 Å². The molecule has 0 aromatic heterocycles. The molecule has 4 aromatic rings. The number of rotatable bonds is 8. The largest absolute Gasteiger partial charge is 0.454 e. The number of amides is 2. The second-order valence-corrected chi connectivity index (χ2v) is 9.63. The van der Waals surface area contributed by atoms with Crippen LogP contribution in [0.1, 0.15) is 32.6 Å². The SMILES string of the molecule is Cc1cccc(CN(C(=O)c2ccc(Cl)cc2)c2ccc(CC(=O)NCc3ccc4c(c3)OCO4)cc2)c1. The maximum atomic E-state index is 13.5. The first-order chi connectivity index (χ1) is 18.4. The maximum absolute atomic E-state index is 13.5. The van der Waals surface area contributed by atoms with E-state index in [0.29, 0.717) is 35.2 Å². The summed E-state index contributed by atoms with van der Waals surface area (Å²) in [6, 6.07) is 28.1. The quantitative estimate of drug-likeness (QED) is 0.302. The van der Waals surface area contributed by atoms with Gasteiger partial charge >= 0.3 is 0 Å². The van der Waals surface area contributed by atoms with Crippen LogP contribution in [-0.2, 0) is 24.3 Å². The van der Waals surface area contributed by atoms with E-state index in [0.717, 1.165) is 27.9 Å². The number of anilines is 1. The number of benzene rings is 4. The summed E-state index contributed by atoms with van der Waals surface area (Å²) < 4.78 is 10.7. The summed E-state index contributed by atoms with van der Waals surface area (Å²) in [6.45, 7) is 3.06. The van der Waals surface area contributed by atoms with Crippen molar-refractivity contribution in [3.8, 4) is 11.5 Å². The van der Waals surface area contributed by atoms with Crippen LogP contribution in [0.5, 0.6) is 11.5 Å². The van der Waals surface area contributed by atoms with Crippen molar-refractivity contribution in [1.29, 1.82) is 0 Å². The minimum Gasteiger partial charge on any atom is -0.454 e. The molecular formula is C31H27ClN2O4. The van der Waals surface area contributed by atoms with E-state index in [4.69, 9.17) is 21.1 Å². The van der Waals surface area contributed by atoms with Gasteiger partial charge in [0, 0.05) is 22.8 Å². The van der Waals surface area contributed by atoms with Gasteiger partial charge in [-0.2, -0.15) is 0 Å². The van der Waals surface area contributed by atoms with Crippen LogP contribution in [0.15, 0.2) is 91.0 Å². The third-order valence-corrected chi connectivity index (χ3v) is 6.55. The number of hydrogen-bond acceptors (Lipinski definition) is 4. The molecule has 0 bridgehead atoms. The summed E-state index contributed by atoms with van der Waals surface area (Å²) in [5.41, 5.74) is 5.24. The standard InChI is InChI=1S/C31H27ClN2O4/c1-21-3-2-4-24(15-21)19-34(31(36)25-8-10-26(32)11-9-25)27-12-5-22(6-13-27)17-30(35)33-18-23-7-14-28-29(16-23)38-20-37-28/h2-16H,17-20H2,1H3,(H,33,35). The fourth-order valence-electron chi connectivity index (χ4n) is 4.31. The summed E-state index contributed by atoms with van der Waals surface area (Å²) in [5, 5.41) is 3.52. The number of fused-ring (bicyclic) bond motifs is 1. The Morgan fingerprint density at radius 1 is 0.842 bits per heavy atom. The Hall–Kier alpha value is -4.29. The van der Waals surface area contributed by atoms with E-state index in [-0.39, 0.29) is 25.0 Å². The van der Waals surface area contributed by atoms with Gasteiger partial charge in [0.25, 0.3) is 5.91 Å². The molecular weight excluding hydrogens is 500 g/mol. The summed E-state index contributed by atoms with van der Waals surface area (Å²) in [7, 11) is 0. The zero-order chi connectivity index (χ0) is 26.5. The zero-order valence-corrected chi connectivity index (χ0v) is 21.7. The summed E-state index contributed by atoms with van der Waals surface area (Å²) in [5.74, 6) is 1.18. The van der Waals surface area contributed by atoms with Crippen LogP contribution in [0.3, 0.4) is 0 Å². The molecule has 0 radical (unpaired) electrons. The van der Waals surface area contributed by atoms with Crippen LogP contribution in [0.4, 0.5) is 5.69 Å². The number of carbonyl (C=O) groups excluding carboxylic acids is 2. The Balaban J connectivity index is 1.27. The van der Waals surface area contributed by atoms with E-state index in [1.165, 1.54) is 0 Å². The fraction of sp³-hybridized carbons (Fsp3) is 0.161. The van der Waals surface area contributed by atoms with Crippen molar-refractivity contribution in [2.24, 2.45) is 0 Å². The molecule has 0 unspecified atom stereocenters. The van der Waals surface area contributed by atoms with Crippen LogP contribution in [0.25, 0.3) is 0 Å². The highest BCUT2D eigenvalue weighted by Gasteiger charge is 2.19. The number of nitrogens with zero attached hydrogens (tertiary/aromatic N) is 1. The average Bonchev–Trinajstić information content (AvgIpc) is 3.39. The van der Waals surface area contributed by atoms with E-state index in [1.54, 1.807) is 29.2 Å². The first-order valence-electron chi connectivity index (χ1n) is 12.3. The summed E-state index contributed by atoms with van der Waals surface area (Å²) in [4.78, 5) is 27.8. The van der Waals surface area contributed by atoms with Crippen molar-refractivity contribution in [2.45, 2.75) is 26.4 Å². The van der Waals surface area contributed by atoms with Crippen molar-refractivity contribution >= 4 is 29.1 Å². The van der Waals surface area contributed by atoms with Gasteiger partial charge in [-0.1, -0.05) is 59.6 Å². The molecule has 1 aliphatic heterocycles. The molecule has 0 atom stereocenters. The Bertz CT molecular complexity index is 1450. The maximum Gasteiger partial charge on any atom is 0.258 e. The molecule has 1 N–H and O–H groups in total. The lowest BCUT2D eigenvalue weighted by Crippen LogP contribution is -2.30. The highest BCUT2D eigenvalue weighted by molar-refractivity contribution is 6.30. The third-order valence-electron chi connectivity index (χ3n) is 6.30. The Morgan fingerprint density at radius 2 is 1.58 bits per heavy atom. The third kappa shape index (κ3) is 6.15. The van der Waals surface area contributed by atoms with Gasteiger partial charge in [0.2, 0.25) is 12.7 Å². The van der Waals surface area contributed by atoms with Crippen LogP contribution in [-0.4, -0.2) is 18.6 Å². The highest BCUT2D eigenvalue weighted by Crippen LogP contribution is 2.32. The number of aryl methyl sites for hydroxylation is 1. The van der Waals surface area contributed by atoms with Gasteiger partial charge in [-0.15, -0.1) is 0 Å².